The summed E-state index contributed by atoms with van der Waals surface area (Å²) < 4.78 is 18.2. The van der Waals surface area contributed by atoms with Crippen LogP contribution in [0.15, 0.2) is 60.1 Å². The first kappa shape index (κ1) is 21.2. The summed E-state index contributed by atoms with van der Waals surface area (Å²) >= 11 is 0. The summed E-state index contributed by atoms with van der Waals surface area (Å²) in [5, 5.41) is 10.6. The number of rotatable bonds is 7. The first-order chi connectivity index (χ1) is 15.6. The van der Waals surface area contributed by atoms with E-state index in [0.29, 0.717) is 41.0 Å². The van der Waals surface area contributed by atoms with Crippen molar-refractivity contribution in [3.8, 4) is 17.2 Å². The lowest BCUT2D eigenvalue weighted by Crippen LogP contribution is -2.35. The number of nitrogens with zero attached hydrogens (tertiary/aromatic N) is 3. The Bertz CT molecular complexity index is 1130. The number of amides is 1. The normalized spacial score (nSPS) is 14.9. The summed E-state index contributed by atoms with van der Waals surface area (Å²) in [5.74, 6) is 1.79. The molecule has 0 fully saturated rings. The van der Waals surface area contributed by atoms with Gasteiger partial charge in [-0.3, -0.25) is 4.79 Å². The van der Waals surface area contributed by atoms with E-state index in [1.165, 1.54) is 6.33 Å². The monoisotopic (exact) mass is 435 g/mol. The van der Waals surface area contributed by atoms with Crippen LogP contribution in [-0.4, -0.2) is 42.0 Å². The highest BCUT2D eigenvalue weighted by atomic mass is 16.5. The summed E-state index contributed by atoms with van der Waals surface area (Å²) in [6, 6.07) is 12.8. The number of carbonyl (C=O) groups is 1. The highest BCUT2D eigenvalue weighted by Crippen LogP contribution is 2.43. The zero-order valence-corrected chi connectivity index (χ0v) is 18.4. The third-order valence-corrected chi connectivity index (χ3v) is 5.34. The lowest BCUT2D eigenvalue weighted by atomic mass is 9.94. The molecule has 1 aromatic heterocycles. The highest BCUT2D eigenvalue weighted by Gasteiger charge is 2.34. The molecular weight excluding hydrogens is 410 g/mol. The molecule has 0 saturated heterocycles. The number of hydrogen-bond donors (Lipinski definition) is 2. The van der Waals surface area contributed by atoms with Gasteiger partial charge in [0.25, 0.3) is 5.91 Å². The number of ether oxygens (including phenoxy) is 3. The minimum absolute atomic E-state index is 0.209. The zero-order valence-electron chi connectivity index (χ0n) is 18.4. The van der Waals surface area contributed by atoms with E-state index in [0.717, 1.165) is 11.1 Å². The number of carbonyl (C=O) groups excluding carboxylic acids is 1. The number of nitrogens with one attached hydrogen (secondary N) is 2. The molecule has 9 nitrogen and oxygen atoms in total. The van der Waals surface area contributed by atoms with E-state index < -0.39 is 6.04 Å². The second-order valence-electron chi connectivity index (χ2n) is 7.22. The minimum Gasteiger partial charge on any atom is -0.493 e. The smallest absolute Gasteiger partial charge is 0.251 e. The maximum absolute atomic E-state index is 13.4. The maximum Gasteiger partial charge on any atom is 0.251 e. The number of allylic oxidation sites excluding steroid dienone is 1. The third kappa shape index (κ3) is 3.84. The number of methoxy groups -OCH3 is 3. The summed E-state index contributed by atoms with van der Waals surface area (Å²) in [6.45, 7) is 2.25. The summed E-state index contributed by atoms with van der Waals surface area (Å²) in [5.41, 5.74) is 2.97. The van der Waals surface area contributed by atoms with Gasteiger partial charge in [0, 0.05) is 12.2 Å². The Balaban J connectivity index is 1.77. The lowest BCUT2D eigenvalue weighted by molar-refractivity contribution is -0.118. The van der Waals surface area contributed by atoms with Crippen molar-refractivity contribution in [2.45, 2.75) is 19.5 Å². The van der Waals surface area contributed by atoms with E-state index in [9.17, 15) is 4.79 Å². The molecule has 0 spiro atoms. The van der Waals surface area contributed by atoms with E-state index >= 15 is 0 Å². The molecule has 9 heteroatoms. The molecule has 1 aliphatic rings. The van der Waals surface area contributed by atoms with Crippen molar-refractivity contribution < 1.29 is 19.0 Å². The Kier molecular flexibility index (Phi) is 5.98. The molecule has 1 aliphatic heterocycles. The topological polar surface area (TPSA) is 99.5 Å². The van der Waals surface area contributed by atoms with Gasteiger partial charge < -0.3 is 24.8 Å². The number of anilines is 1. The molecular formula is C23H25N5O4. The van der Waals surface area contributed by atoms with Crippen LogP contribution in [0, 0.1) is 0 Å². The molecule has 0 unspecified atom stereocenters. The second-order valence-corrected chi connectivity index (χ2v) is 7.22. The van der Waals surface area contributed by atoms with Gasteiger partial charge >= 0.3 is 0 Å². The molecule has 32 heavy (non-hydrogen) atoms. The molecule has 1 atom stereocenters. The largest absolute Gasteiger partial charge is 0.493 e. The SMILES string of the molecule is COc1cc([C@@H]2C(C(=O)NCc3ccccc3)=C(C)Nc3ncnn32)cc(OC)c1OC. The fourth-order valence-corrected chi connectivity index (χ4v) is 3.83. The fourth-order valence-electron chi connectivity index (χ4n) is 3.83. The van der Waals surface area contributed by atoms with Crippen molar-refractivity contribution in [1.82, 2.24) is 20.1 Å². The van der Waals surface area contributed by atoms with Gasteiger partial charge in [-0.2, -0.15) is 10.1 Å². The third-order valence-electron chi connectivity index (χ3n) is 5.34. The molecule has 2 aromatic carbocycles. The van der Waals surface area contributed by atoms with Gasteiger partial charge in [-0.25, -0.2) is 4.68 Å². The molecule has 3 aromatic rings. The summed E-state index contributed by atoms with van der Waals surface area (Å²) in [7, 11) is 4.66. The molecule has 0 aliphatic carbocycles. The molecule has 2 heterocycles. The van der Waals surface area contributed by atoms with Crippen molar-refractivity contribution in [3.63, 3.8) is 0 Å². The van der Waals surface area contributed by atoms with Crippen LogP contribution in [0.5, 0.6) is 17.2 Å². The molecule has 1 amide bonds. The van der Waals surface area contributed by atoms with Crippen LogP contribution in [0.4, 0.5) is 5.95 Å². The van der Waals surface area contributed by atoms with Crippen LogP contribution >= 0.6 is 0 Å². The lowest BCUT2D eigenvalue weighted by Gasteiger charge is -2.29. The Labute approximate surface area is 186 Å². The predicted octanol–water partition coefficient (Wildman–Crippen LogP) is 2.91. The number of aromatic nitrogens is 3. The maximum atomic E-state index is 13.4. The standard InChI is InChI=1S/C23H25N5O4/c1-14-19(22(29)24-12-15-8-6-5-7-9-15)20(28-23(27-14)25-13-26-28)16-10-17(30-2)21(32-4)18(11-16)31-3/h5-11,13,20H,12H2,1-4H3,(H,24,29)(H,25,26,27)/t20-/m1/s1. The second kappa shape index (κ2) is 9.01. The molecule has 4 rings (SSSR count). The molecule has 2 N–H and O–H groups in total. The Morgan fingerprint density at radius 1 is 1.09 bits per heavy atom. The van der Waals surface area contributed by atoms with Crippen LogP contribution in [0.25, 0.3) is 0 Å². The van der Waals surface area contributed by atoms with Crippen molar-refractivity contribution in [2.75, 3.05) is 26.6 Å². The fraction of sp³-hybridized carbons (Fsp3) is 0.261. The van der Waals surface area contributed by atoms with Gasteiger partial charge in [-0.15, -0.1) is 0 Å². The van der Waals surface area contributed by atoms with Crippen LogP contribution < -0.4 is 24.8 Å². The molecule has 0 saturated carbocycles. The van der Waals surface area contributed by atoms with Gasteiger partial charge in [-0.05, 0) is 30.2 Å². The number of hydrogen-bond acceptors (Lipinski definition) is 7. The summed E-state index contributed by atoms with van der Waals surface area (Å²) in [4.78, 5) is 17.6. The van der Waals surface area contributed by atoms with Gasteiger partial charge in [0.15, 0.2) is 11.5 Å². The predicted molar refractivity (Wildman–Crippen MR) is 119 cm³/mol. The van der Waals surface area contributed by atoms with Crippen molar-refractivity contribution in [3.05, 3.63) is 71.2 Å². The van der Waals surface area contributed by atoms with E-state index in [2.05, 4.69) is 20.7 Å². The molecule has 0 radical (unpaired) electrons. The average molecular weight is 435 g/mol. The summed E-state index contributed by atoms with van der Waals surface area (Å²) in [6.07, 6.45) is 1.45. The molecule has 166 valence electrons. The Hall–Kier alpha value is -4.01. The van der Waals surface area contributed by atoms with E-state index in [4.69, 9.17) is 14.2 Å². The van der Waals surface area contributed by atoms with Crippen LogP contribution in [0.2, 0.25) is 0 Å². The van der Waals surface area contributed by atoms with E-state index in [1.54, 1.807) is 26.0 Å². The van der Waals surface area contributed by atoms with E-state index in [-0.39, 0.29) is 5.91 Å². The van der Waals surface area contributed by atoms with Crippen LogP contribution in [0.1, 0.15) is 24.1 Å². The van der Waals surface area contributed by atoms with Crippen molar-refractivity contribution in [2.24, 2.45) is 0 Å². The van der Waals surface area contributed by atoms with Gasteiger partial charge in [-0.1, -0.05) is 30.3 Å². The minimum atomic E-state index is -0.543. The number of benzene rings is 2. The zero-order chi connectivity index (χ0) is 22.7. The number of fused-ring (bicyclic) bond motifs is 1. The van der Waals surface area contributed by atoms with Crippen molar-refractivity contribution in [1.29, 1.82) is 0 Å². The van der Waals surface area contributed by atoms with Gasteiger partial charge in [0.2, 0.25) is 11.7 Å². The first-order valence-corrected chi connectivity index (χ1v) is 10.1. The van der Waals surface area contributed by atoms with E-state index in [1.807, 2.05) is 49.4 Å². The Morgan fingerprint density at radius 3 is 2.41 bits per heavy atom. The average Bonchev–Trinajstić information content (AvgIpc) is 3.29. The van der Waals surface area contributed by atoms with Crippen molar-refractivity contribution >= 4 is 11.9 Å². The van der Waals surface area contributed by atoms with Gasteiger partial charge in [0.1, 0.15) is 12.4 Å². The van der Waals surface area contributed by atoms with Crippen LogP contribution in [0.3, 0.4) is 0 Å². The molecule has 0 bridgehead atoms. The first-order valence-electron chi connectivity index (χ1n) is 10.1. The Morgan fingerprint density at radius 2 is 1.78 bits per heavy atom. The van der Waals surface area contributed by atoms with Crippen LogP contribution in [-0.2, 0) is 11.3 Å². The highest BCUT2D eigenvalue weighted by molar-refractivity contribution is 5.96. The van der Waals surface area contributed by atoms with Gasteiger partial charge in [0.05, 0.1) is 26.9 Å². The quantitative estimate of drug-likeness (QED) is 0.589.